The Labute approximate surface area is 292 Å². The Morgan fingerprint density at radius 1 is 0.400 bits per heavy atom. The van der Waals surface area contributed by atoms with E-state index in [2.05, 4.69) is 146 Å². The van der Waals surface area contributed by atoms with Gasteiger partial charge in [0.05, 0.1) is 1.37 Å². The Morgan fingerprint density at radius 3 is 1.74 bits per heavy atom. The van der Waals surface area contributed by atoms with Crippen LogP contribution in [0.3, 0.4) is 0 Å². The molecular weight excluding hydrogens is 605 g/mol. The van der Waals surface area contributed by atoms with Crippen molar-refractivity contribution in [2.45, 2.75) is 6.92 Å². The number of rotatable bonds is 4. The molecule has 0 saturated carbocycles. The molecule has 10 rings (SSSR count). The van der Waals surface area contributed by atoms with Gasteiger partial charge in [0.25, 0.3) is 0 Å². The molecule has 10 aromatic rings. The maximum atomic E-state index is 7.98. The second kappa shape index (κ2) is 11.3. The minimum Gasteiger partial charge on any atom is -0.456 e. The predicted octanol–water partition coefficient (Wildman–Crippen LogP) is 14.0. The van der Waals surface area contributed by atoms with Crippen LogP contribution in [-0.4, -0.2) is 0 Å². The van der Waals surface area contributed by atoms with Crippen molar-refractivity contribution in [1.82, 2.24) is 0 Å². The first-order valence-electron chi connectivity index (χ1n) is 17.7. The van der Waals surface area contributed by atoms with Gasteiger partial charge in [0, 0.05) is 10.8 Å². The zero-order chi connectivity index (χ0) is 34.1. The van der Waals surface area contributed by atoms with Crippen molar-refractivity contribution in [1.29, 1.82) is 0 Å². The van der Waals surface area contributed by atoms with Crippen LogP contribution in [0.5, 0.6) is 0 Å². The van der Waals surface area contributed by atoms with Crippen molar-refractivity contribution in [2.24, 2.45) is 0 Å². The van der Waals surface area contributed by atoms with Gasteiger partial charge < -0.3 is 4.42 Å². The van der Waals surface area contributed by atoms with Gasteiger partial charge in [-0.25, -0.2) is 0 Å². The number of aryl methyl sites for hydroxylation is 1. The first-order chi connectivity index (χ1) is 25.1. The molecule has 0 saturated heterocycles. The quantitative estimate of drug-likeness (QED) is 0.175. The topological polar surface area (TPSA) is 13.1 Å². The SMILES string of the molecule is [2H]c1ccc2cc(-c3ccc(-c4c5ccccc5c(-c5ccccc5-c5cc(C)c6oc7ccccc7c6c5)c5ccccc45)cc3)ccc2c1. The molecule has 9 aromatic carbocycles. The molecule has 234 valence electrons. The lowest BCUT2D eigenvalue weighted by atomic mass is 9.83. The van der Waals surface area contributed by atoms with Gasteiger partial charge in [-0.15, -0.1) is 0 Å². The summed E-state index contributed by atoms with van der Waals surface area (Å²) >= 11 is 0. The normalized spacial score (nSPS) is 12.0. The molecule has 0 amide bonds. The van der Waals surface area contributed by atoms with Crippen LogP contribution >= 0.6 is 0 Å². The lowest BCUT2D eigenvalue weighted by Gasteiger charge is -2.20. The Kier molecular flexibility index (Phi) is 6.23. The first kappa shape index (κ1) is 27.5. The Balaban J connectivity index is 1.16. The van der Waals surface area contributed by atoms with E-state index in [9.17, 15) is 0 Å². The van der Waals surface area contributed by atoms with E-state index in [-0.39, 0.29) is 0 Å². The molecule has 1 aromatic heterocycles. The Morgan fingerprint density at radius 2 is 1.00 bits per heavy atom. The van der Waals surface area contributed by atoms with Crippen molar-refractivity contribution in [3.63, 3.8) is 0 Å². The fourth-order valence-corrected chi connectivity index (χ4v) is 7.97. The van der Waals surface area contributed by atoms with Crippen molar-refractivity contribution in [3.8, 4) is 44.5 Å². The number of hydrogen-bond acceptors (Lipinski definition) is 1. The van der Waals surface area contributed by atoms with Gasteiger partial charge in [0.2, 0.25) is 0 Å². The Bertz CT molecular complexity index is 2930. The van der Waals surface area contributed by atoms with E-state index in [0.717, 1.165) is 38.3 Å². The number of benzene rings is 9. The molecule has 0 bridgehead atoms. The van der Waals surface area contributed by atoms with Crippen molar-refractivity contribution >= 4 is 54.3 Å². The number of hydrogen-bond donors (Lipinski definition) is 0. The summed E-state index contributed by atoms with van der Waals surface area (Å²) in [5.41, 5.74) is 12.6. The molecule has 0 aliphatic carbocycles. The molecular formula is C49H32O. The molecule has 0 radical (unpaired) electrons. The second-order valence-corrected chi connectivity index (χ2v) is 13.2. The van der Waals surface area contributed by atoms with Gasteiger partial charge in [-0.1, -0.05) is 152 Å². The molecule has 1 heterocycles. The van der Waals surface area contributed by atoms with Gasteiger partial charge in [0.1, 0.15) is 11.2 Å². The van der Waals surface area contributed by atoms with Gasteiger partial charge in [-0.05, 0) is 114 Å². The van der Waals surface area contributed by atoms with E-state index in [4.69, 9.17) is 5.79 Å². The van der Waals surface area contributed by atoms with Crippen LogP contribution in [0.4, 0.5) is 0 Å². The van der Waals surface area contributed by atoms with Crippen LogP contribution in [0.25, 0.3) is 98.8 Å². The molecule has 0 unspecified atom stereocenters. The summed E-state index contributed by atoms with van der Waals surface area (Å²) in [6, 6.07) is 61.3. The van der Waals surface area contributed by atoms with Crippen LogP contribution in [0.1, 0.15) is 6.93 Å². The van der Waals surface area contributed by atoms with Gasteiger partial charge in [-0.3, -0.25) is 0 Å². The van der Waals surface area contributed by atoms with Gasteiger partial charge in [0.15, 0.2) is 0 Å². The summed E-state index contributed by atoms with van der Waals surface area (Å²) in [5.74, 6) is 0. The zero-order valence-electron chi connectivity index (χ0n) is 28.6. The first-order valence-corrected chi connectivity index (χ1v) is 17.2. The number of para-hydroxylation sites is 1. The highest BCUT2D eigenvalue weighted by Gasteiger charge is 2.20. The minimum atomic E-state index is 0.535. The minimum absolute atomic E-state index is 0.535. The maximum Gasteiger partial charge on any atom is 0.138 e. The third-order valence-electron chi connectivity index (χ3n) is 10.3. The summed E-state index contributed by atoms with van der Waals surface area (Å²) in [5, 5.41) is 9.47. The molecule has 0 N–H and O–H groups in total. The summed E-state index contributed by atoms with van der Waals surface area (Å²) in [6.07, 6.45) is 0. The molecule has 1 nitrogen and oxygen atoms in total. The summed E-state index contributed by atoms with van der Waals surface area (Å²) in [4.78, 5) is 0. The van der Waals surface area contributed by atoms with Crippen molar-refractivity contribution in [3.05, 3.63) is 181 Å². The largest absolute Gasteiger partial charge is 0.456 e. The predicted molar refractivity (Wildman–Crippen MR) is 213 cm³/mol. The van der Waals surface area contributed by atoms with Gasteiger partial charge >= 0.3 is 0 Å². The molecule has 50 heavy (non-hydrogen) atoms. The third-order valence-corrected chi connectivity index (χ3v) is 10.3. The third kappa shape index (κ3) is 4.48. The highest BCUT2D eigenvalue weighted by atomic mass is 16.3. The standard InChI is InChI=1S/C49H32O/c1-31-28-37(30-45-39-15-10-11-21-46(39)50-49(31)45)38-14-4-5-16-40(38)48-43-19-8-6-17-41(43)47(42-18-7-9-20-44(42)48)34-25-22-33(23-26-34)36-27-24-32-12-2-3-13-35(32)29-36/h2-30H,1H3/i2D. The smallest absolute Gasteiger partial charge is 0.138 e. The van der Waals surface area contributed by atoms with Crippen LogP contribution in [0, 0.1) is 6.92 Å². The van der Waals surface area contributed by atoms with Crippen molar-refractivity contribution < 1.29 is 5.79 Å². The second-order valence-electron chi connectivity index (χ2n) is 13.2. The van der Waals surface area contributed by atoms with Gasteiger partial charge in [-0.2, -0.15) is 0 Å². The number of fused-ring (bicyclic) bond motifs is 6. The van der Waals surface area contributed by atoms with Crippen LogP contribution < -0.4 is 0 Å². The molecule has 1 heteroatoms. The maximum absolute atomic E-state index is 7.98. The highest BCUT2D eigenvalue weighted by molar-refractivity contribution is 6.22. The lowest BCUT2D eigenvalue weighted by molar-refractivity contribution is 0.666. The van der Waals surface area contributed by atoms with E-state index in [1.807, 2.05) is 30.3 Å². The van der Waals surface area contributed by atoms with Crippen LogP contribution in [0.15, 0.2) is 180 Å². The fourth-order valence-electron chi connectivity index (χ4n) is 7.97. The lowest BCUT2D eigenvalue weighted by Crippen LogP contribution is -1.93. The molecule has 0 aliphatic rings. The molecule has 0 spiro atoms. The van der Waals surface area contributed by atoms with E-state index in [0.29, 0.717) is 6.04 Å². The van der Waals surface area contributed by atoms with Crippen molar-refractivity contribution in [2.75, 3.05) is 0 Å². The van der Waals surface area contributed by atoms with Crippen LogP contribution in [0.2, 0.25) is 0 Å². The van der Waals surface area contributed by atoms with E-state index in [1.54, 1.807) is 0 Å². The summed E-state index contributed by atoms with van der Waals surface area (Å²) in [6.45, 7) is 2.15. The molecule has 0 aliphatic heterocycles. The average Bonchev–Trinajstić information content (AvgIpc) is 3.56. The summed E-state index contributed by atoms with van der Waals surface area (Å²) in [7, 11) is 0. The molecule has 0 atom stereocenters. The van der Waals surface area contributed by atoms with E-state index < -0.39 is 0 Å². The van der Waals surface area contributed by atoms with E-state index in [1.165, 1.54) is 66.1 Å². The molecule has 0 fully saturated rings. The number of furan rings is 1. The summed E-state index contributed by atoms with van der Waals surface area (Å²) < 4.78 is 14.3. The average molecular weight is 638 g/mol. The highest BCUT2D eigenvalue weighted by Crippen LogP contribution is 2.47. The Hall–Kier alpha value is -6.44. The van der Waals surface area contributed by atoms with Crippen LogP contribution in [-0.2, 0) is 0 Å². The zero-order valence-corrected chi connectivity index (χ0v) is 27.6. The van der Waals surface area contributed by atoms with E-state index >= 15 is 0 Å². The monoisotopic (exact) mass is 637 g/mol. The fraction of sp³-hybridized carbons (Fsp3) is 0.0204.